The van der Waals surface area contributed by atoms with Gasteiger partial charge in [-0.1, -0.05) is 146 Å². The van der Waals surface area contributed by atoms with Crippen LogP contribution >= 0.6 is 7.82 Å². The summed E-state index contributed by atoms with van der Waals surface area (Å²) in [5.74, 6) is -0.211. The minimum atomic E-state index is -4.33. The van der Waals surface area contributed by atoms with Gasteiger partial charge in [0, 0.05) is 13.0 Å². The van der Waals surface area contributed by atoms with Gasteiger partial charge >= 0.3 is 7.82 Å². The molecule has 0 rings (SSSR count). The van der Waals surface area contributed by atoms with Crippen molar-refractivity contribution in [1.82, 2.24) is 5.32 Å². The van der Waals surface area contributed by atoms with Crippen molar-refractivity contribution in [2.45, 2.75) is 167 Å². The summed E-state index contributed by atoms with van der Waals surface area (Å²) in [5, 5.41) is 13.5. The maximum Gasteiger partial charge on any atom is 0.472 e. The van der Waals surface area contributed by atoms with Crippen LogP contribution in [0.1, 0.15) is 155 Å². The maximum absolute atomic E-state index is 12.6. The number of phosphoric acid groups is 1. The molecule has 0 radical (unpaired) electrons. The van der Waals surface area contributed by atoms with E-state index in [4.69, 9.17) is 14.8 Å². The molecular formula is C36H69N2O6P. The molecule has 0 aliphatic carbocycles. The average Bonchev–Trinajstić information content (AvgIpc) is 3.02. The summed E-state index contributed by atoms with van der Waals surface area (Å²) in [4.78, 5) is 22.5. The Labute approximate surface area is 276 Å². The lowest BCUT2D eigenvalue weighted by Crippen LogP contribution is -2.45. The topological polar surface area (TPSA) is 131 Å². The van der Waals surface area contributed by atoms with Crippen LogP contribution in [0.4, 0.5) is 0 Å². The van der Waals surface area contributed by atoms with Crippen LogP contribution < -0.4 is 11.1 Å². The number of carbonyl (C=O) groups is 1. The fourth-order valence-electron chi connectivity index (χ4n) is 5.05. The second-order valence-corrected chi connectivity index (χ2v) is 13.5. The first-order chi connectivity index (χ1) is 21.9. The van der Waals surface area contributed by atoms with Crippen LogP contribution in [0.5, 0.6) is 0 Å². The number of unbranched alkanes of at least 4 members (excludes halogenated alkanes) is 18. The Kier molecular flexibility index (Phi) is 31.7. The van der Waals surface area contributed by atoms with Crippen molar-refractivity contribution in [1.29, 1.82) is 0 Å². The minimum absolute atomic E-state index is 0.0720. The number of rotatable bonds is 33. The number of allylic oxidation sites excluding steroid dienone is 5. The molecule has 3 unspecified atom stereocenters. The van der Waals surface area contributed by atoms with Crippen LogP contribution in [0.2, 0.25) is 0 Å². The van der Waals surface area contributed by atoms with E-state index in [-0.39, 0.29) is 25.7 Å². The van der Waals surface area contributed by atoms with Crippen molar-refractivity contribution < 1.29 is 28.4 Å². The number of aliphatic hydroxyl groups is 1. The first-order valence-corrected chi connectivity index (χ1v) is 19.6. The third-order valence-corrected chi connectivity index (χ3v) is 8.78. The predicted molar refractivity (Wildman–Crippen MR) is 189 cm³/mol. The van der Waals surface area contributed by atoms with Gasteiger partial charge in [0.15, 0.2) is 0 Å². The zero-order valence-corrected chi connectivity index (χ0v) is 29.7. The monoisotopic (exact) mass is 656 g/mol. The van der Waals surface area contributed by atoms with E-state index in [1.165, 1.54) is 89.9 Å². The summed E-state index contributed by atoms with van der Waals surface area (Å²) in [5.41, 5.74) is 5.33. The zero-order valence-electron chi connectivity index (χ0n) is 28.8. The van der Waals surface area contributed by atoms with Gasteiger partial charge in [-0.15, -0.1) is 0 Å². The SMILES string of the molecule is C/C=C/CC/C=C/CC/C=C/C(O)C(COP(=O)(O)OCCN)NC(=O)CCCCCCCCCCCCCCCCCCC. The molecule has 0 fully saturated rings. The van der Waals surface area contributed by atoms with Gasteiger partial charge < -0.3 is 21.1 Å². The Morgan fingerprint density at radius 3 is 1.71 bits per heavy atom. The molecule has 0 aromatic rings. The van der Waals surface area contributed by atoms with Gasteiger partial charge in [0.1, 0.15) is 0 Å². The number of carbonyl (C=O) groups excluding carboxylic acids is 1. The minimum Gasteiger partial charge on any atom is -0.387 e. The lowest BCUT2D eigenvalue weighted by atomic mass is 10.0. The van der Waals surface area contributed by atoms with E-state index in [0.717, 1.165) is 44.9 Å². The quantitative estimate of drug-likeness (QED) is 0.0315. The zero-order chi connectivity index (χ0) is 33.3. The van der Waals surface area contributed by atoms with Gasteiger partial charge in [0.05, 0.1) is 25.4 Å². The van der Waals surface area contributed by atoms with E-state index in [1.54, 1.807) is 6.08 Å². The molecule has 0 aliphatic rings. The Morgan fingerprint density at radius 1 is 0.756 bits per heavy atom. The summed E-state index contributed by atoms with van der Waals surface area (Å²) in [7, 11) is -4.33. The van der Waals surface area contributed by atoms with Gasteiger partial charge in [0.2, 0.25) is 5.91 Å². The Hall–Kier alpha value is -1.28. The van der Waals surface area contributed by atoms with Gasteiger partial charge in [-0.3, -0.25) is 13.8 Å². The number of amides is 1. The summed E-state index contributed by atoms with van der Waals surface area (Å²) in [6.45, 7) is 3.86. The number of hydrogen-bond donors (Lipinski definition) is 4. The van der Waals surface area contributed by atoms with Crippen LogP contribution in [0.25, 0.3) is 0 Å². The number of nitrogens with two attached hydrogens (primary N) is 1. The summed E-state index contributed by atoms with van der Waals surface area (Å²) in [6.07, 6.45) is 36.5. The second-order valence-electron chi connectivity index (χ2n) is 12.1. The fraction of sp³-hybridized carbons (Fsp3) is 0.806. The van der Waals surface area contributed by atoms with Crippen LogP contribution in [0.3, 0.4) is 0 Å². The van der Waals surface area contributed by atoms with Gasteiger partial charge in [0.25, 0.3) is 0 Å². The number of hydrogen-bond acceptors (Lipinski definition) is 6. The van der Waals surface area contributed by atoms with Gasteiger partial charge in [-0.2, -0.15) is 0 Å². The Bertz CT molecular complexity index is 804. The van der Waals surface area contributed by atoms with Crippen molar-refractivity contribution in [2.24, 2.45) is 5.73 Å². The molecule has 9 heteroatoms. The summed E-state index contributed by atoms with van der Waals surface area (Å²) >= 11 is 0. The highest BCUT2D eigenvalue weighted by Gasteiger charge is 2.26. The highest BCUT2D eigenvalue weighted by Crippen LogP contribution is 2.43. The van der Waals surface area contributed by atoms with Crippen LogP contribution in [-0.2, 0) is 18.4 Å². The van der Waals surface area contributed by atoms with E-state index in [9.17, 15) is 19.4 Å². The van der Waals surface area contributed by atoms with Crippen LogP contribution in [0, 0.1) is 0 Å². The normalized spacial score (nSPS) is 14.9. The van der Waals surface area contributed by atoms with E-state index in [2.05, 4.69) is 30.5 Å². The van der Waals surface area contributed by atoms with Crippen molar-refractivity contribution in [3.05, 3.63) is 36.5 Å². The molecule has 0 spiro atoms. The van der Waals surface area contributed by atoms with Crippen LogP contribution in [-0.4, -0.2) is 47.8 Å². The van der Waals surface area contributed by atoms with Crippen molar-refractivity contribution in [3.63, 3.8) is 0 Å². The molecule has 0 heterocycles. The molecule has 0 aromatic carbocycles. The Balaban J connectivity index is 4.24. The number of aliphatic hydroxyl groups excluding tert-OH is 1. The highest BCUT2D eigenvalue weighted by molar-refractivity contribution is 7.47. The average molecular weight is 657 g/mol. The molecule has 45 heavy (non-hydrogen) atoms. The van der Waals surface area contributed by atoms with E-state index in [0.29, 0.717) is 6.42 Å². The molecule has 0 aliphatic heterocycles. The number of nitrogens with one attached hydrogen (secondary N) is 1. The van der Waals surface area contributed by atoms with Crippen LogP contribution in [0.15, 0.2) is 36.5 Å². The summed E-state index contributed by atoms with van der Waals surface area (Å²) in [6, 6.07) is -0.877. The largest absolute Gasteiger partial charge is 0.472 e. The molecule has 264 valence electrons. The predicted octanol–water partition coefficient (Wildman–Crippen LogP) is 9.22. The molecule has 0 aromatic heterocycles. The van der Waals surface area contributed by atoms with E-state index < -0.39 is 20.0 Å². The molecule has 3 atom stereocenters. The Morgan fingerprint density at radius 2 is 1.22 bits per heavy atom. The van der Waals surface area contributed by atoms with Crippen molar-refractivity contribution in [3.8, 4) is 0 Å². The van der Waals surface area contributed by atoms with Gasteiger partial charge in [-0.05, 0) is 39.0 Å². The van der Waals surface area contributed by atoms with E-state index >= 15 is 0 Å². The third-order valence-electron chi connectivity index (χ3n) is 7.79. The standard InChI is InChI=1S/C36H69N2O6P/c1-3-5-7-9-11-13-14-15-16-17-18-19-20-22-24-26-28-30-36(40)38-34(33-44-45(41,42)43-32-31-37)35(39)29-27-25-23-21-12-10-8-6-4-2/h4,6,12,21,27,29,34-35,39H,3,5,7-11,13-20,22-26,28,30-33,37H2,1-2H3,(H,38,40)(H,41,42)/b6-4+,21-12+,29-27+. The number of phosphoric ester groups is 1. The molecule has 0 saturated heterocycles. The fourth-order valence-corrected chi connectivity index (χ4v) is 5.81. The molecule has 8 nitrogen and oxygen atoms in total. The maximum atomic E-state index is 12.6. The molecular weight excluding hydrogens is 587 g/mol. The molecule has 0 saturated carbocycles. The molecule has 0 bridgehead atoms. The first-order valence-electron chi connectivity index (χ1n) is 18.1. The first kappa shape index (κ1) is 43.7. The van der Waals surface area contributed by atoms with Gasteiger partial charge in [-0.25, -0.2) is 4.57 Å². The highest BCUT2D eigenvalue weighted by atomic mass is 31.2. The third kappa shape index (κ3) is 31.1. The molecule has 5 N–H and O–H groups in total. The lowest BCUT2D eigenvalue weighted by Gasteiger charge is -2.23. The lowest BCUT2D eigenvalue weighted by molar-refractivity contribution is -0.123. The second kappa shape index (κ2) is 32.7. The smallest absolute Gasteiger partial charge is 0.387 e. The van der Waals surface area contributed by atoms with Crippen molar-refractivity contribution in [2.75, 3.05) is 19.8 Å². The summed E-state index contributed by atoms with van der Waals surface area (Å²) < 4.78 is 21.9. The molecule has 1 amide bonds. The van der Waals surface area contributed by atoms with E-state index in [1.807, 2.05) is 19.1 Å². The van der Waals surface area contributed by atoms with Crippen molar-refractivity contribution >= 4 is 13.7 Å².